The van der Waals surface area contributed by atoms with Crippen LogP contribution in [0.1, 0.15) is 83.5 Å². The van der Waals surface area contributed by atoms with Gasteiger partial charge in [0.15, 0.2) is 0 Å². The number of hydrogen-bond donors (Lipinski definition) is 2. The Morgan fingerprint density at radius 3 is 2.29 bits per heavy atom. The van der Waals surface area contributed by atoms with Crippen molar-refractivity contribution in [3.05, 3.63) is 0 Å². The van der Waals surface area contributed by atoms with Crippen molar-refractivity contribution in [2.24, 2.45) is 17.3 Å². The molecule has 5 heteroatoms. The van der Waals surface area contributed by atoms with E-state index in [-0.39, 0.29) is 17.9 Å². The monoisotopic (exact) mass is 389 g/mol. The molecule has 0 bridgehead atoms. The van der Waals surface area contributed by atoms with Gasteiger partial charge in [-0.1, -0.05) is 19.3 Å². The lowest BCUT2D eigenvalue weighted by Crippen LogP contribution is -2.47. The predicted molar refractivity (Wildman–Crippen MR) is 111 cm³/mol. The Hall–Kier alpha value is -1.10. The number of amides is 2. The minimum Gasteiger partial charge on any atom is -0.353 e. The Kier molecular flexibility index (Phi) is 6.59. The van der Waals surface area contributed by atoms with Gasteiger partial charge in [0.2, 0.25) is 11.8 Å². The molecule has 0 aromatic rings. The molecule has 2 N–H and O–H groups in total. The lowest BCUT2D eigenvalue weighted by molar-refractivity contribution is -0.139. The highest BCUT2D eigenvalue weighted by Gasteiger charge is 2.39. The molecule has 2 saturated carbocycles. The number of nitrogens with one attached hydrogen (secondary N) is 2. The second-order valence-corrected chi connectivity index (χ2v) is 10.1. The highest BCUT2D eigenvalue weighted by Crippen LogP contribution is 2.38. The summed E-state index contributed by atoms with van der Waals surface area (Å²) in [6.45, 7) is 4.17. The van der Waals surface area contributed by atoms with Crippen LogP contribution in [0, 0.1) is 17.3 Å². The van der Waals surface area contributed by atoms with E-state index in [0.29, 0.717) is 23.7 Å². The van der Waals surface area contributed by atoms with Crippen LogP contribution in [-0.4, -0.2) is 48.9 Å². The van der Waals surface area contributed by atoms with Gasteiger partial charge in [0.05, 0.1) is 0 Å². The normalized spacial score (nSPS) is 31.1. The number of carbonyl (C=O) groups is 2. The molecule has 1 spiro atoms. The third-order valence-corrected chi connectivity index (χ3v) is 8.11. The predicted octanol–water partition coefficient (Wildman–Crippen LogP) is 3.23. The molecule has 0 aromatic heterocycles. The van der Waals surface area contributed by atoms with Crippen molar-refractivity contribution in [3.63, 3.8) is 0 Å². The fourth-order valence-electron chi connectivity index (χ4n) is 6.11. The minimum atomic E-state index is 0.183. The van der Waals surface area contributed by atoms with Crippen LogP contribution < -0.4 is 10.6 Å². The second kappa shape index (κ2) is 9.15. The minimum absolute atomic E-state index is 0.183. The molecule has 4 rings (SSSR count). The van der Waals surface area contributed by atoms with Gasteiger partial charge >= 0.3 is 0 Å². The zero-order valence-corrected chi connectivity index (χ0v) is 17.5. The van der Waals surface area contributed by atoms with Gasteiger partial charge in [-0.25, -0.2) is 0 Å². The summed E-state index contributed by atoms with van der Waals surface area (Å²) in [6.07, 6.45) is 14.5. The number of piperidine rings is 1. The molecule has 2 aliphatic carbocycles. The maximum atomic E-state index is 13.0. The molecule has 4 aliphatic rings. The van der Waals surface area contributed by atoms with Gasteiger partial charge in [-0.3, -0.25) is 9.59 Å². The van der Waals surface area contributed by atoms with Gasteiger partial charge in [0.1, 0.15) is 0 Å². The van der Waals surface area contributed by atoms with E-state index in [1.54, 1.807) is 0 Å². The van der Waals surface area contributed by atoms with Gasteiger partial charge in [-0.05, 0) is 75.7 Å². The van der Waals surface area contributed by atoms with Crippen molar-refractivity contribution in [2.75, 3.05) is 26.2 Å². The molecule has 2 saturated heterocycles. The summed E-state index contributed by atoms with van der Waals surface area (Å²) in [5.74, 6) is 1.41. The number of likely N-dealkylation sites (tertiary alicyclic amines) is 1. The van der Waals surface area contributed by atoms with E-state index in [1.165, 1.54) is 38.5 Å². The van der Waals surface area contributed by atoms with Gasteiger partial charge in [0.25, 0.3) is 0 Å². The lowest BCUT2D eigenvalue weighted by Gasteiger charge is -2.41. The zero-order chi connectivity index (χ0) is 19.4. The van der Waals surface area contributed by atoms with Crippen LogP contribution in [0.2, 0.25) is 0 Å². The second-order valence-electron chi connectivity index (χ2n) is 10.1. The summed E-state index contributed by atoms with van der Waals surface area (Å²) in [7, 11) is 0. The maximum absolute atomic E-state index is 13.0. The van der Waals surface area contributed by atoms with Crippen LogP contribution in [0.25, 0.3) is 0 Å². The first-order valence-corrected chi connectivity index (χ1v) is 11.9. The van der Waals surface area contributed by atoms with E-state index in [4.69, 9.17) is 0 Å². The average Bonchev–Trinajstić information content (AvgIpc) is 3.17. The van der Waals surface area contributed by atoms with E-state index >= 15 is 0 Å². The summed E-state index contributed by atoms with van der Waals surface area (Å²) in [4.78, 5) is 27.5. The van der Waals surface area contributed by atoms with Crippen molar-refractivity contribution < 1.29 is 9.59 Å². The van der Waals surface area contributed by atoms with Gasteiger partial charge in [0, 0.05) is 38.0 Å². The average molecular weight is 390 g/mol. The number of nitrogens with zero attached hydrogens (tertiary/aromatic N) is 1. The van der Waals surface area contributed by atoms with Crippen LogP contribution in [0.15, 0.2) is 0 Å². The van der Waals surface area contributed by atoms with Crippen molar-refractivity contribution in [3.8, 4) is 0 Å². The van der Waals surface area contributed by atoms with Crippen molar-refractivity contribution >= 4 is 11.8 Å². The van der Waals surface area contributed by atoms with E-state index < -0.39 is 0 Å². The first-order chi connectivity index (χ1) is 13.6. The van der Waals surface area contributed by atoms with Crippen molar-refractivity contribution in [1.29, 1.82) is 0 Å². The van der Waals surface area contributed by atoms with E-state index in [9.17, 15) is 9.59 Å². The number of rotatable bonds is 4. The molecule has 2 heterocycles. The topological polar surface area (TPSA) is 61.4 Å². The highest BCUT2D eigenvalue weighted by atomic mass is 16.2. The lowest BCUT2D eigenvalue weighted by atomic mass is 9.77. The SMILES string of the molecule is O=C(CC1CCCCC1)NC1CCC(C(=O)N2CCC3(CCNC3)CC2)CC1. The van der Waals surface area contributed by atoms with Crippen LogP contribution in [-0.2, 0) is 9.59 Å². The molecule has 0 atom stereocenters. The molecular weight excluding hydrogens is 350 g/mol. The van der Waals surface area contributed by atoms with Gasteiger partial charge < -0.3 is 15.5 Å². The first kappa shape index (κ1) is 20.2. The zero-order valence-electron chi connectivity index (χ0n) is 17.5. The van der Waals surface area contributed by atoms with E-state index in [2.05, 4.69) is 15.5 Å². The summed E-state index contributed by atoms with van der Waals surface area (Å²) in [6, 6.07) is 0.286. The molecule has 0 radical (unpaired) electrons. The van der Waals surface area contributed by atoms with Crippen LogP contribution in [0.5, 0.6) is 0 Å². The molecule has 2 aliphatic heterocycles. The van der Waals surface area contributed by atoms with Crippen molar-refractivity contribution in [1.82, 2.24) is 15.5 Å². The Morgan fingerprint density at radius 1 is 0.929 bits per heavy atom. The molecule has 5 nitrogen and oxygen atoms in total. The Morgan fingerprint density at radius 2 is 1.64 bits per heavy atom. The Labute approximate surface area is 170 Å². The fourth-order valence-corrected chi connectivity index (χ4v) is 6.11. The maximum Gasteiger partial charge on any atom is 0.225 e. The largest absolute Gasteiger partial charge is 0.353 e. The summed E-state index contributed by atoms with van der Waals surface area (Å²) >= 11 is 0. The number of hydrogen-bond acceptors (Lipinski definition) is 3. The molecule has 158 valence electrons. The van der Waals surface area contributed by atoms with Crippen LogP contribution >= 0.6 is 0 Å². The fraction of sp³-hybridized carbons (Fsp3) is 0.913. The van der Waals surface area contributed by atoms with Crippen LogP contribution in [0.4, 0.5) is 0 Å². The molecule has 0 unspecified atom stereocenters. The van der Waals surface area contributed by atoms with Gasteiger partial charge in [-0.2, -0.15) is 0 Å². The molecule has 4 fully saturated rings. The van der Waals surface area contributed by atoms with E-state index in [0.717, 1.165) is 64.7 Å². The van der Waals surface area contributed by atoms with Crippen molar-refractivity contribution in [2.45, 2.75) is 89.5 Å². The molecular formula is C23H39N3O2. The quantitative estimate of drug-likeness (QED) is 0.776. The first-order valence-electron chi connectivity index (χ1n) is 11.9. The van der Waals surface area contributed by atoms with E-state index in [1.807, 2.05) is 0 Å². The summed E-state index contributed by atoms with van der Waals surface area (Å²) in [5, 5.41) is 6.77. The molecule has 2 amide bonds. The Bertz CT molecular complexity index is 534. The highest BCUT2D eigenvalue weighted by molar-refractivity contribution is 5.79. The van der Waals surface area contributed by atoms with Crippen LogP contribution in [0.3, 0.4) is 0 Å². The molecule has 28 heavy (non-hydrogen) atoms. The third-order valence-electron chi connectivity index (χ3n) is 8.11. The number of carbonyl (C=O) groups excluding carboxylic acids is 2. The summed E-state index contributed by atoms with van der Waals surface area (Å²) < 4.78 is 0. The summed E-state index contributed by atoms with van der Waals surface area (Å²) in [5.41, 5.74) is 0.469. The Balaban J connectivity index is 1.16. The smallest absolute Gasteiger partial charge is 0.225 e. The standard InChI is InChI=1S/C23H39N3O2/c27-21(16-18-4-2-1-3-5-18)25-20-8-6-19(7-9-20)22(28)26-14-11-23(12-15-26)10-13-24-17-23/h18-20,24H,1-17H2,(H,25,27). The molecule has 0 aromatic carbocycles. The third kappa shape index (κ3) is 4.90. The van der Waals surface area contributed by atoms with Gasteiger partial charge in [-0.15, -0.1) is 0 Å².